The molecule has 2 nitrogen and oxygen atoms in total. The van der Waals surface area contributed by atoms with Gasteiger partial charge >= 0.3 is 0 Å². The van der Waals surface area contributed by atoms with Crippen LogP contribution in [0.5, 0.6) is 0 Å². The summed E-state index contributed by atoms with van der Waals surface area (Å²) in [4.78, 5) is 0. The summed E-state index contributed by atoms with van der Waals surface area (Å²) in [7, 11) is 0. The molecule has 0 aromatic heterocycles. The predicted molar refractivity (Wildman–Crippen MR) is 70.0 cm³/mol. The average Bonchev–Trinajstić information content (AvgIpc) is 2.78. The molecule has 98 valence electrons. The molecule has 1 aliphatic carbocycles. The van der Waals surface area contributed by atoms with Gasteiger partial charge in [0.05, 0.1) is 12.2 Å². The van der Waals surface area contributed by atoms with Gasteiger partial charge in [-0.1, -0.05) is 18.9 Å². The molecule has 1 fully saturated rings. The number of allylic oxidation sites excluding steroid dienone is 1. The molecule has 2 unspecified atom stereocenters. The summed E-state index contributed by atoms with van der Waals surface area (Å²) in [5, 5.41) is 10.2. The molecule has 1 N–H and O–H groups in total. The van der Waals surface area contributed by atoms with Gasteiger partial charge in [0.15, 0.2) is 0 Å². The lowest BCUT2D eigenvalue weighted by molar-refractivity contribution is 0.0873. The third-order valence-electron chi connectivity index (χ3n) is 4.04. The van der Waals surface area contributed by atoms with Gasteiger partial charge < -0.3 is 9.84 Å². The number of rotatable bonds is 4. The van der Waals surface area contributed by atoms with Crippen molar-refractivity contribution in [2.24, 2.45) is 0 Å². The predicted octanol–water partition coefficient (Wildman–Crippen LogP) is 3.59. The summed E-state index contributed by atoms with van der Waals surface area (Å²) in [5.41, 5.74) is 1.29. The van der Waals surface area contributed by atoms with E-state index in [9.17, 15) is 5.11 Å². The highest BCUT2D eigenvalue weighted by molar-refractivity contribution is 5.08. The molecule has 1 saturated heterocycles. The first-order valence-electron chi connectivity index (χ1n) is 7.35. The highest BCUT2D eigenvalue weighted by Gasteiger charge is 2.18. The van der Waals surface area contributed by atoms with E-state index in [1.54, 1.807) is 0 Å². The van der Waals surface area contributed by atoms with Gasteiger partial charge in [0.2, 0.25) is 0 Å². The first kappa shape index (κ1) is 13.1. The Balaban J connectivity index is 1.74. The number of ether oxygens (including phenoxy) is 1. The molecular weight excluding hydrogens is 212 g/mol. The van der Waals surface area contributed by atoms with Crippen molar-refractivity contribution in [3.8, 4) is 0 Å². The zero-order valence-corrected chi connectivity index (χ0v) is 10.9. The van der Waals surface area contributed by atoms with Gasteiger partial charge in [-0.3, -0.25) is 0 Å². The zero-order valence-electron chi connectivity index (χ0n) is 10.9. The van der Waals surface area contributed by atoms with E-state index in [2.05, 4.69) is 6.08 Å². The van der Waals surface area contributed by atoms with Crippen molar-refractivity contribution in [2.45, 2.75) is 76.4 Å². The fourth-order valence-electron chi connectivity index (χ4n) is 2.92. The van der Waals surface area contributed by atoms with Crippen LogP contribution in [0.2, 0.25) is 0 Å². The van der Waals surface area contributed by atoms with Gasteiger partial charge in [-0.25, -0.2) is 0 Å². The molecule has 0 aromatic carbocycles. The smallest absolute Gasteiger partial charge is 0.0751 e. The Hall–Kier alpha value is -0.340. The Labute approximate surface area is 105 Å². The van der Waals surface area contributed by atoms with Crippen LogP contribution in [-0.4, -0.2) is 23.9 Å². The van der Waals surface area contributed by atoms with Crippen LogP contribution in [-0.2, 0) is 4.74 Å². The standard InChI is InChI=1S/C15H26O2/c16-15(11-10-14-9-6-12-17-14)13-7-4-2-1-3-5-8-13/h7,14-16H,1-6,8-12H2. The zero-order chi connectivity index (χ0) is 11.9. The molecule has 0 aromatic rings. The van der Waals surface area contributed by atoms with E-state index in [0.29, 0.717) is 6.10 Å². The van der Waals surface area contributed by atoms with Crippen LogP contribution in [0.15, 0.2) is 11.6 Å². The lowest BCUT2D eigenvalue weighted by Crippen LogP contribution is -2.15. The normalized spacial score (nSPS) is 28.3. The van der Waals surface area contributed by atoms with E-state index in [1.165, 1.54) is 44.1 Å². The summed E-state index contributed by atoms with van der Waals surface area (Å²) in [6.07, 6.45) is 14.3. The molecule has 1 aliphatic heterocycles. The third-order valence-corrected chi connectivity index (χ3v) is 4.04. The van der Waals surface area contributed by atoms with Crippen molar-refractivity contribution in [1.29, 1.82) is 0 Å². The molecule has 0 spiro atoms. The van der Waals surface area contributed by atoms with Crippen molar-refractivity contribution in [3.05, 3.63) is 11.6 Å². The Kier molecular flexibility index (Phi) is 5.53. The second kappa shape index (κ2) is 7.17. The highest BCUT2D eigenvalue weighted by atomic mass is 16.5. The molecule has 2 atom stereocenters. The third kappa shape index (κ3) is 4.44. The minimum atomic E-state index is -0.211. The monoisotopic (exact) mass is 238 g/mol. The second-order valence-corrected chi connectivity index (χ2v) is 5.46. The van der Waals surface area contributed by atoms with E-state index in [1.807, 2.05) is 0 Å². The summed E-state index contributed by atoms with van der Waals surface area (Å²) in [5.74, 6) is 0. The molecule has 1 heterocycles. The van der Waals surface area contributed by atoms with Crippen molar-refractivity contribution >= 4 is 0 Å². The maximum absolute atomic E-state index is 10.2. The number of hydrogen-bond donors (Lipinski definition) is 1. The average molecular weight is 238 g/mol. The Morgan fingerprint density at radius 3 is 2.94 bits per heavy atom. The van der Waals surface area contributed by atoms with Gasteiger partial charge in [-0.2, -0.15) is 0 Å². The van der Waals surface area contributed by atoms with Gasteiger partial charge in [0.25, 0.3) is 0 Å². The van der Waals surface area contributed by atoms with Crippen LogP contribution in [0, 0.1) is 0 Å². The molecule has 0 saturated carbocycles. The minimum Gasteiger partial charge on any atom is -0.389 e. The first-order valence-corrected chi connectivity index (χ1v) is 7.35. The van der Waals surface area contributed by atoms with E-state index in [0.717, 1.165) is 32.3 Å². The van der Waals surface area contributed by atoms with E-state index in [-0.39, 0.29) is 6.10 Å². The quantitative estimate of drug-likeness (QED) is 0.758. The Morgan fingerprint density at radius 2 is 2.12 bits per heavy atom. The van der Waals surface area contributed by atoms with Crippen molar-refractivity contribution in [1.82, 2.24) is 0 Å². The highest BCUT2D eigenvalue weighted by Crippen LogP contribution is 2.24. The number of aliphatic hydroxyl groups excluding tert-OH is 1. The topological polar surface area (TPSA) is 29.5 Å². The van der Waals surface area contributed by atoms with E-state index >= 15 is 0 Å². The molecular formula is C15H26O2. The SMILES string of the molecule is OC(CCC1CCCO1)C1=CCCCCCC1. The summed E-state index contributed by atoms with van der Waals surface area (Å²) >= 11 is 0. The molecule has 2 aliphatic rings. The van der Waals surface area contributed by atoms with E-state index < -0.39 is 0 Å². The maximum atomic E-state index is 10.2. The summed E-state index contributed by atoms with van der Waals surface area (Å²) in [6.45, 7) is 0.920. The molecule has 0 radical (unpaired) electrons. The molecule has 17 heavy (non-hydrogen) atoms. The Bertz CT molecular complexity index is 241. The second-order valence-electron chi connectivity index (χ2n) is 5.46. The van der Waals surface area contributed by atoms with Gasteiger partial charge in [-0.15, -0.1) is 0 Å². The molecule has 0 bridgehead atoms. The summed E-state index contributed by atoms with van der Waals surface area (Å²) < 4.78 is 5.60. The summed E-state index contributed by atoms with van der Waals surface area (Å²) in [6, 6.07) is 0. The fraction of sp³-hybridized carbons (Fsp3) is 0.867. The molecule has 2 rings (SSSR count). The fourth-order valence-corrected chi connectivity index (χ4v) is 2.92. The van der Waals surface area contributed by atoms with Gasteiger partial charge in [-0.05, 0) is 56.9 Å². The van der Waals surface area contributed by atoms with Crippen molar-refractivity contribution in [3.63, 3.8) is 0 Å². The first-order chi connectivity index (χ1) is 8.36. The van der Waals surface area contributed by atoms with Crippen LogP contribution < -0.4 is 0 Å². The van der Waals surface area contributed by atoms with Gasteiger partial charge in [0, 0.05) is 6.61 Å². The van der Waals surface area contributed by atoms with Crippen molar-refractivity contribution < 1.29 is 9.84 Å². The lowest BCUT2D eigenvalue weighted by atomic mass is 9.93. The molecule has 2 heteroatoms. The lowest BCUT2D eigenvalue weighted by Gasteiger charge is -2.19. The number of aliphatic hydroxyl groups is 1. The van der Waals surface area contributed by atoms with Crippen LogP contribution in [0.4, 0.5) is 0 Å². The van der Waals surface area contributed by atoms with E-state index in [4.69, 9.17) is 4.74 Å². The molecule has 0 amide bonds. The largest absolute Gasteiger partial charge is 0.389 e. The van der Waals surface area contributed by atoms with Crippen LogP contribution in [0.1, 0.15) is 64.2 Å². The maximum Gasteiger partial charge on any atom is 0.0751 e. The van der Waals surface area contributed by atoms with Crippen molar-refractivity contribution in [2.75, 3.05) is 6.61 Å². The minimum absolute atomic E-state index is 0.211. The van der Waals surface area contributed by atoms with Crippen LogP contribution in [0.25, 0.3) is 0 Å². The van der Waals surface area contributed by atoms with Crippen LogP contribution >= 0.6 is 0 Å². The van der Waals surface area contributed by atoms with Crippen LogP contribution in [0.3, 0.4) is 0 Å². The number of hydrogen-bond acceptors (Lipinski definition) is 2. The van der Waals surface area contributed by atoms with Gasteiger partial charge in [0.1, 0.15) is 0 Å². The Morgan fingerprint density at radius 1 is 1.24 bits per heavy atom.